The molecular weight excluding hydrogens is 232 g/mol. The van der Waals surface area contributed by atoms with Crippen LogP contribution in [0, 0.1) is 6.92 Å². The van der Waals surface area contributed by atoms with Gasteiger partial charge in [-0.05, 0) is 32.9 Å². The Balaban J connectivity index is 2.14. The van der Waals surface area contributed by atoms with Crippen molar-refractivity contribution in [2.24, 2.45) is 0 Å². The Kier molecular flexibility index (Phi) is 2.98. The minimum absolute atomic E-state index is 0.488. The molecule has 1 aromatic carbocycles. The van der Waals surface area contributed by atoms with Gasteiger partial charge in [-0.25, -0.2) is 9.78 Å². The Hall–Kier alpha value is -2.04. The second-order valence-electron chi connectivity index (χ2n) is 5.04. The van der Waals surface area contributed by atoms with Crippen molar-refractivity contribution in [2.45, 2.75) is 33.3 Å². The van der Waals surface area contributed by atoms with Gasteiger partial charge in [-0.1, -0.05) is 0 Å². The van der Waals surface area contributed by atoms with Gasteiger partial charge in [0.1, 0.15) is 11.1 Å². The van der Waals surface area contributed by atoms with Gasteiger partial charge < -0.3 is 9.15 Å². The second-order valence-corrected chi connectivity index (χ2v) is 5.04. The SMILES string of the molecule is Cc1nc2ccc(NC(=O)OC(C)(C)C)cc2o1. The number of aryl methyl sites for hydroxylation is 1. The van der Waals surface area contributed by atoms with Crippen LogP contribution in [0.2, 0.25) is 0 Å². The standard InChI is InChI=1S/C13H16N2O3/c1-8-14-10-6-5-9(7-11(10)17-8)15-12(16)18-13(2,3)4/h5-7H,1-4H3,(H,15,16). The number of nitrogens with zero attached hydrogens (tertiary/aromatic N) is 1. The number of aromatic nitrogens is 1. The first-order valence-electron chi connectivity index (χ1n) is 5.71. The van der Waals surface area contributed by atoms with E-state index in [1.807, 2.05) is 20.8 Å². The number of carbonyl (C=O) groups excluding carboxylic acids is 1. The number of fused-ring (bicyclic) bond motifs is 1. The molecule has 0 saturated carbocycles. The number of amides is 1. The smallest absolute Gasteiger partial charge is 0.412 e. The van der Waals surface area contributed by atoms with Gasteiger partial charge in [-0.3, -0.25) is 5.32 Å². The van der Waals surface area contributed by atoms with Gasteiger partial charge >= 0.3 is 6.09 Å². The lowest BCUT2D eigenvalue weighted by molar-refractivity contribution is 0.0636. The first-order valence-corrected chi connectivity index (χ1v) is 5.71. The summed E-state index contributed by atoms with van der Waals surface area (Å²) in [6.45, 7) is 7.22. The number of benzene rings is 1. The van der Waals surface area contributed by atoms with Crippen molar-refractivity contribution >= 4 is 22.9 Å². The molecule has 5 heteroatoms. The average molecular weight is 248 g/mol. The third-order valence-corrected chi connectivity index (χ3v) is 2.14. The number of anilines is 1. The highest BCUT2D eigenvalue weighted by Crippen LogP contribution is 2.20. The number of ether oxygens (including phenoxy) is 1. The number of hydrogen-bond donors (Lipinski definition) is 1. The largest absolute Gasteiger partial charge is 0.444 e. The first-order chi connectivity index (χ1) is 8.33. The van der Waals surface area contributed by atoms with E-state index in [1.165, 1.54) is 0 Å². The van der Waals surface area contributed by atoms with Crippen molar-refractivity contribution in [1.29, 1.82) is 0 Å². The summed E-state index contributed by atoms with van der Waals surface area (Å²) in [6.07, 6.45) is -0.488. The van der Waals surface area contributed by atoms with Crippen LogP contribution in [0.15, 0.2) is 22.6 Å². The van der Waals surface area contributed by atoms with Crippen LogP contribution in [0.25, 0.3) is 11.1 Å². The quantitative estimate of drug-likeness (QED) is 0.839. The van der Waals surface area contributed by atoms with E-state index in [0.717, 1.165) is 5.52 Å². The van der Waals surface area contributed by atoms with E-state index in [-0.39, 0.29) is 0 Å². The van der Waals surface area contributed by atoms with E-state index in [4.69, 9.17) is 9.15 Å². The van der Waals surface area contributed by atoms with E-state index in [2.05, 4.69) is 10.3 Å². The Morgan fingerprint density at radius 1 is 1.39 bits per heavy atom. The molecule has 0 aliphatic carbocycles. The van der Waals surface area contributed by atoms with Crippen molar-refractivity contribution in [2.75, 3.05) is 5.32 Å². The number of oxazole rings is 1. The summed E-state index contributed by atoms with van der Waals surface area (Å²) in [4.78, 5) is 15.8. The zero-order valence-corrected chi connectivity index (χ0v) is 10.9. The predicted octanol–water partition coefficient (Wildman–Crippen LogP) is 3.48. The first kappa shape index (κ1) is 12.4. The van der Waals surface area contributed by atoms with Gasteiger partial charge in [0.2, 0.25) is 0 Å². The molecule has 2 rings (SSSR count). The zero-order valence-electron chi connectivity index (χ0n) is 10.9. The molecular formula is C13H16N2O3. The Labute approximate surface area is 105 Å². The molecule has 1 amide bonds. The minimum Gasteiger partial charge on any atom is -0.444 e. The lowest BCUT2D eigenvalue weighted by Crippen LogP contribution is -2.27. The summed E-state index contributed by atoms with van der Waals surface area (Å²) in [7, 11) is 0. The van der Waals surface area contributed by atoms with Crippen LogP contribution < -0.4 is 5.32 Å². The number of carbonyl (C=O) groups is 1. The number of hydrogen-bond acceptors (Lipinski definition) is 4. The van der Waals surface area contributed by atoms with Gasteiger partial charge in [0, 0.05) is 18.7 Å². The van der Waals surface area contributed by atoms with Crippen LogP contribution in [0.3, 0.4) is 0 Å². The molecule has 2 aromatic rings. The molecule has 18 heavy (non-hydrogen) atoms. The summed E-state index contributed by atoms with van der Waals surface area (Å²) >= 11 is 0. The van der Waals surface area contributed by atoms with E-state index in [0.29, 0.717) is 17.2 Å². The zero-order chi connectivity index (χ0) is 13.3. The predicted molar refractivity (Wildman–Crippen MR) is 68.6 cm³/mol. The molecule has 0 aliphatic rings. The molecule has 0 atom stereocenters. The van der Waals surface area contributed by atoms with Crippen LogP contribution >= 0.6 is 0 Å². The van der Waals surface area contributed by atoms with Crippen molar-refractivity contribution in [3.05, 3.63) is 24.1 Å². The van der Waals surface area contributed by atoms with Crippen molar-refractivity contribution in [1.82, 2.24) is 4.98 Å². The number of rotatable bonds is 1. The highest BCUT2D eigenvalue weighted by atomic mass is 16.6. The molecule has 5 nitrogen and oxygen atoms in total. The molecule has 1 N–H and O–H groups in total. The van der Waals surface area contributed by atoms with Crippen molar-refractivity contribution in [3.8, 4) is 0 Å². The third-order valence-electron chi connectivity index (χ3n) is 2.14. The molecule has 1 heterocycles. The third kappa shape index (κ3) is 3.00. The molecule has 0 unspecified atom stereocenters. The lowest BCUT2D eigenvalue weighted by Gasteiger charge is -2.19. The van der Waals surface area contributed by atoms with Gasteiger partial charge in [0.25, 0.3) is 0 Å². The normalized spacial score (nSPS) is 11.6. The van der Waals surface area contributed by atoms with E-state index < -0.39 is 11.7 Å². The van der Waals surface area contributed by atoms with Gasteiger partial charge in [0.15, 0.2) is 11.5 Å². The van der Waals surface area contributed by atoms with Gasteiger partial charge in [-0.15, -0.1) is 0 Å². The fraction of sp³-hybridized carbons (Fsp3) is 0.385. The second kappa shape index (κ2) is 4.33. The van der Waals surface area contributed by atoms with Gasteiger partial charge in [0.05, 0.1) is 0 Å². The molecule has 0 aliphatic heterocycles. The van der Waals surface area contributed by atoms with Crippen LogP contribution in [-0.4, -0.2) is 16.7 Å². The fourth-order valence-electron chi connectivity index (χ4n) is 1.54. The highest BCUT2D eigenvalue weighted by molar-refractivity contribution is 5.88. The lowest BCUT2D eigenvalue weighted by atomic mass is 10.2. The summed E-state index contributed by atoms with van der Waals surface area (Å²) in [6, 6.07) is 5.27. The molecule has 0 fully saturated rings. The minimum atomic E-state index is -0.517. The van der Waals surface area contributed by atoms with Crippen LogP contribution in [-0.2, 0) is 4.74 Å². The monoisotopic (exact) mass is 248 g/mol. The molecule has 0 saturated heterocycles. The maximum absolute atomic E-state index is 11.6. The fourth-order valence-corrected chi connectivity index (χ4v) is 1.54. The molecule has 0 spiro atoms. The van der Waals surface area contributed by atoms with E-state index in [9.17, 15) is 4.79 Å². The Bertz CT molecular complexity index is 581. The van der Waals surface area contributed by atoms with Crippen LogP contribution in [0.1, 0.15) is 26.7 Å². The summed E-state index contributed by atoms with van der Waals surface area (Å²) in [5.74, 6) is 0.597. The summed E-state index contributed by atoms with van der Waals surface area (Å²) < 4.78 is 10.6. The molecule has 96 valence electrons. The van der Waals surface area contributed by atoms with Crippen LogP contribution in [0.5, 0.6) is 0 Å². The highest BCUT2D eigenvalue weighted by Gasteiger charge is 2.16. The summed E-state index contributed by atoms with van der Waals surface area (Å²) in [5.41, 5.74) is 1.51. The van der Waals surface area contributed by atoms with Crippen LogP contribution in [0.4, 0.5) is 10.5 Å². The maximum Gasteiger partial charge on any atom is 0.412 e. The van der Waals surface area contributed by atoms with E-state index in [1.54, 1.807) is 25.1 Å². The van der Waals surface area contributed by atoms with Gasteiger partial charge in [-0.2, -0.15) is 0 Å². The van der Waals surface area contributed by atoms with Crippen molar-refractivity contribution in [3.63, 3.8) is 0 Å². The topological polar surface area (TPSA) is 64.4 Å². The average Bonchev–Trinajstić information content (AvgIpc) is 2.53. The number of nitrogens with one attached hydrogen (secondary N) is 1. The summed E-state index contributed by atoms with van der Waals surface area (Å²) in [5, 5.41) is 2.65. The maximum atomic E-state index is 11.6. The molecule has 1 aromatic heterocycles. The Morgan fingerprint density at radius 2 is 2.11 bits per heavy atom. The Morgan fingerprint density at radius 3 is 2.78 bits per heavy atom. The molecule has 0 bridgehead atoms. The molecule has 0 radical (unpaired) electrons. The van der Waals surface area contributed by atoms with E-state index >= 15 is 0 Å². The van der Waals surface area contributed by atoms with Crippen molar-refractivity contribution < 1.29 is 13.9 Å².